The zero-order valence-corrected chi connectivity index (χ0v) is 10.5. The summed E-state index contributed by atoms with van der Waals surface area (Å²) in [5, 5.41) is 0.462. The van der Waals surface area contributed by atoms with Crippen LogP contribution in [-0.2, 0) is 0 Å². The largest absolute Gasteiger partial charge is 0.489 e. The molecular formula is C12H16ClNO2. The van der Waals surface area contributed by atoms with Gasteiger partial charge in [0.1, 0.15) is 16.4 Å². The van der Waals surface area contributed by atoms with Crippen molar-refractivity contribution in [2.75, 3.05) is 0 Å². The van der Waals surface area contributed by atoms with Crippen molar-refractivity contribution in [3.8, 4) is 11.6 Å². The molecule has 1 saturated carbocycles. The number of hydrogen-bond donors (Lipinski definition) is 0. The predicted molar refractivity (Wildman–Crippen MR) is 63.3 cm³/mol. The van der Waals surface area contributed by atoms with Crippen molar-refractivity contribution in [3.63, 3.8) is 0 Å². The molecule has 0 saturated heterocycles. The lowest BCUT2D eigenvalue weighted by atomic mass is 10.2. The maximum Gasteiger partial charge on any atom is 0.236 e. The molecular weight excluding hydrogens is 226 g/mol. The summed E-state index contributed by atoms with van der Waals surface area (Å²) in [7, 11) is 0. The molecule has 1 aromatic heterocycles. The first-order valence-electron chi connectivity index (χ1n) is 5.46. The normalized spacial score (nSPS) is 16.0. The minimum atomic E-state index is -0.311. The van der Waals surface area contributed by atoms with Gasteiger partial charge in [-0.05, 0) is 33.6 Å². The molecule has 88 valence electrons. The smallest absolute Gasteiger partial charge is 0.236 e. The Morgan fingerprint density at radius 1 is 1.38 bits per heavy atom. The van der Waals surface area contributed by atoms with E-state index in [-0.39, 0.29) is 5.60 Å². The quantitative estimate of drug-likeness (QED) is 0.812. The molecule has 1 heterocycles. The highest BCUT2D eigenvalue weighted by Gasteiger charge is 2.26. The van der Waals surface area contributed by atoms with Gasteiger partial charge in [0.2, 0.25) is 5.88 Å². The summed E-state index contributed by atoms with van der Waals surface area (Å²) in [6.45, 7) is 5.87. The molecule has 0 radical (unpaired) electrons. The van der Waals surface area contributed by atoms with Gasteiger partial charge in [-0.1, -0.05) is 11.6 Å². The van der Waals surface area contributed by atoms with Gasteiger partial charge in [-0.2, -0.15) is 0 Å². The van der Waals surface area contributed by atoms with Crippen molar-refractivity contribution in [2.24, 2.45) is 0 Å². The molecule has 1 aromatic rings. The van der Waals surface area contributed by atoms with Crippen LogP contribution >= 0.6 is 11.6 Å². The fraction of sp³-hybridized carbons (Fsp3) is 0.583. The highest BCUT2D eigenvalue weighted by molar-refractivity contribution is 6.33. The lowest BCUT2D eigenvalue weighted by molar-refractivity contribution is 0.123. The van der Waals surface area contributed by atoms with E-state index >= 15 is 0 Å². The zero-order valence-electron chi connectivity index (χ0n) is 9.79. The highest BCUT2D eigenvalue weighted by atomic mass is 35.5. The summed E-state index contributed by atoms with van der Waals surface area (Å²) in [6.07, 6.45) is 4.19. The number of ether oxygens (including phenoxy) is 2. The number of pyridine rings is 1. The predicted octanol–water partition coefficient (Wildman–Crippen LogP) is 3.45. The molecule has 0 atom stereocenters. The number of nitrogens with zero attached hydrogens (tertiary/aromatic N) is 1. The molecule has 0 bridgehead atoms. The van der Waals surface area contributed by atoms with Gasteiger partial charge < -0.3 is 9.47 Å². The van der Waals surface area contributed by atoms with Crippen LogP contribution in [0.3, 0.4) is 0 Å². The molecule has 0 unspecified atom stereocenters. The van der Waals surface area contributed by atoms with Gasteiger partial charge in [-0.15, -0.1) is 0 Å². The van der Waals surface area contributed by atoms with Crippen LogP contribution in [0.1, 0.15) is 33.6 Å². The summed E-state index contributed by atoms with van der Waals surface area (Å²) in [4.78, 5) is 4.12. The second kappa shape index (κ2) is 4.13. The Morgan fingerprint density at radius 3 is 2.62 bits per heavy atom. The number of hydrogen-bond acceptors (Lipinski definition) is 3. The van der Waals surface area contributed by atoms with E-state index in [1.807, 2.05) is 20.8 Å². The van der Waals surface area contributed by atoms with Gasteiger partial charge in [0.05, 0.1) is 6.10 Å². The van der Waals surface area contributed by atoms with E-state index in [9.17, 15) is 0 Å². The minimum Gasteiger partial charge on any atom is -0.489 e. The average molecular weight is 242 g/mol. The van der Waals surface area contributed by atoms with E-state index in [4.69, 9.17) is 21.1 Å². The fourth-order valence-corrected chi connectivity index (χ4v) is 1.42. The van der Waals surface area contributed by atoms with Crippen LogP contribution in [0.25, 0.3) is 0 Å². The van der Waals surface area contributed by atoms with Crippen molar-refractivity contribution in [3.05, 3.63) is 17.3 Å². The van der Waals surface area contributed by atoms with Crippen molar-refractivity contribution in [1.82, 2.24) is 4.98 Å². The van der Waals surface area contributed by atoms with Gasteiger partial charge in [-0.3, -0.25) is 0 Å². The van der Waals surface area contributed by atoms with E-state index in [0.717, 1.165) is 12.8 Å². The molecule has 4 heteroatoms. The maximum absolute atomic E-state index is 6.17. The Balaban J connectivity index is 2.18. The van der Waals surface area contributed by atoms with Crippen molar-refractivity contribution in [2.45, 2.75) is 45.3 Å². The first-order chi connectivity index (χ1) is 7.46. The first-order valence-corrected chi connectivity index (χ1v) is 5.84. The van der Waals surface area contributed by atoms with Crippen molar-refractivity contribution < 1.29 is 9.47 Å². The van der Waals surface area contributed by atoms with Gasteiger partial charge in [0.25, 0.3) is 0 Å². The third-order valence-corrected chi connectivity index (χ3v) is 2.39. The monoisotopic (exact) mass is 241 g/mol. The van der Waals surface area contributed by atoms with Gasteiger partial charge in [-0.25, -0.2) is 4.98 Å². The van der Waals surface area contributed by atoms with E-state index in [1.165, 1.54) is 0 Å². The van der Waals surface area contributed by atoms with Gasteiger partial charge in [0, 0.05) is 12.3 Å². The summed E-state index contributed by atoms with van der Waals surface area (Å²) in [5.74, 6) is 1.10. The third-order valence-electron chi connectivity index (χ3n) is 2.04. The Labute approximate surface area is 101 Å². The summed E-state index contributed by atoms with van der Waals surface area (Å²) < 4.78 is 11.3. The lowest BCUT2D eigenvalue weighted by Crippen LogP contribution is -2.23. The topological polar surface area (TPSA) is 31.4 Å². The van der Waals surface area contributed by atoms with Crippen LogP contribution in [0.15, 0.2) is 12.3 Å². The third kappa shape index (κ3) is 3.01. The first kappa shape index (κ1) is 11.5. The Bertz CT molecular complexity index is 383. The van der Waals surface area contributed by atoms with Crippen LogP contribution in [0.4, 0.5) is 0 Å². The number of aromatic nitrogens is 1. The molecule has 1 fully saturated rings. The van der Waals surface area contributed by atoms with Crippen molar-refractivity contribution >= 4 is 11.6 Å². The molecule has 16 heavy (non-hydrogen) atoms. The molecule has 1 aliphatic rings. The van der Waals surface area contributed by atoms with Crippen LogP contribution in [-0.4, -0.2) is 16.7 Å². The van der Waals surface area contributed by atoms with Crippen LogP contribution < -0.4 is 9.47 Å². The highest BCUT2D eigenvalue weighted by Crippen LogP contribution is 2.37. The number of rotatable bonds is 3. The molecule has 0 amide bonds. The molecule has 1 aliphatic carbocycles. The fourth-order valence-electron chi connectivity index (χ4n) is 1.23. The Hall–Kier alpha value is -0.960. The summed E-state index contributed by atoms with van der Waals surface area (Å²) in [6, 6.07) is 1.77. The van der Waals surface area contributed by atoms with E-state index in [0.29, 0.717) is 22.8 Å². The SMILES string of the molecule is CC(C)(C)Oc1nccc(OC2CC2)c1Cl. The molecule has 0 N–H and O–H groups in total. The minimum absolute atomic E-state index is 0.311. The lowest BCUT2D eigenvalue weighted by Gasteiger charge is -2.21. The van der Waals surface area contributed by atoms with Crippen LogP contribution in [0.5, 0.6) is 11.6 Å². The Morgan fingerprint density at radius 2 is 2.06 bits per heavy atom. The standard InChI is InChI=1S/C12H16ClNO2/c1-12(2,3)16-11-10(13)9(6-7-14-11)15-8-4-5-8/h6-8H,4-5H2,1-3H3. The van der Waals surface area contributed by atoms with E-state index in [2.05, 4.69) is 4.98 Å². The van der Waals surface area contributed by atoms with Crippen LogP contribution in [0.2, 0.25) is 5.02 Å². The van der Waals surface area contributed by atoms with Gasteiger partial charge in [0.15, 0.2) is 0 Å². The second-order valence-electron chi connectivity index (χ2n) is 4.96. The summed E-state index contributed by atoms with van der Waals surface area (Å²) in [5.41, 5.74) is -0.311. The molecule has 2 rings (SSSR count). The number of halogens is 1. The Kier molecular flexibility index (Phi) is 2.98. The maximum atomic E-state index is 6.17. The molecule has 0 aromatic carbocycles. The second-order valence-corrected chi connectivity index (χ2v) is 5.34. The van der Waals surface area contributed by atoms with E-state index < -0.39 is 0 Å². The molecule has 3 nitrogen and oxygen atoms in total. The van der Waals surface area contributed by atoms with Crippen molar-refractivity contribution in [1.29, 1.82) is 0 Å². The molecule has 0 aliphatic heterocycles. The zero-order chi connectivity index (χ0) is 11.8. The van der Waals surface area contributed by atoms with Gasteiger partial charge >= 0.3 is 0 Å². The average Bonchev–Trinajstić information content (AvgIpc) is 2.93. The van der Waals surface area contributed by atoms with E-state index in [1.54, 1.807) is 12.3 Å². The molecule has 0 spiro atoms. The van der Waals surface area contributed by atoms with Crippen LogP contribution in [0, 0.1) is 0 Å². The summed E-state index contributed by atoms with van der Waals surface area (Å²) >= 11 is 6.17.